The van der Waals surface area contributed by atoms with Gasteiger partial charge in [-0.2, -0.15) is 0 Å². The molecule has 2 heterocycles. The lowest BCUT2D eigenvalue weighted by atomic mass is 9.93. The first-order chi connectivity index (χ1) is 24.4. The molecule has 6 aromatic rings. The van der Waals surface area contributed by atoms with Gasteiger partial charge in [-0.25, -0.2) is 9.79 Å². The van der Waals surface area contributed by atoms with E-state index in [-0.39, 0.29) is 17.7 Å². The number of methoxy groups -OCH3 is 1. The fourth-order valence-electron chi connectivity index (χ4n) is 6.08. The number of ether oxygens (including phenoxy) is 3. The second-order valence-electron chi connectivity index (χ2n) is 11.4. The predicted octanol–water partition coefficient (Wildman–Crippen LogP) is 7.93. The zero-order chi connectivity index (χ0) is 34.8. The first-order valence-corrected chi connectivity index (χ1v) is 18.1. The molecule has 0 radical (unpaired) electrons. The standard InChI is InChI=1S/C40H30ClIN2O5S/c1-3-48-39(46)34-35(26-11-5-4-6-12-26)43-40-44(36(34)27-16-18-29(41)19-17-27)38(45)33(50-40)22-24-20-31(42)37(32(21-24)47-2)49-23-28-14-9-13-25-10-7-8-15-30(25)28/h4-22,36H,3,23H2,1-2H3/b33-22-/t36-/m1/s1. The van der Waals surface area contributed by atoms with Gasteiger partial charge in [-0.1, -0.05) is 108 Å². The lowest BCUT2D eigenvalue weighted by Gasteiger charge is -2.25. The Kier molecular flexibility index (Phi) is 9.89. The van der Waals surface area contributed by atoms with E-state index >= 15 is 0 Å². The van der Waals surface area contributed by atoms with Gasteiger partial charge in [-0.15, -0.1) is 0 Å². The smallest absolute Gasteiger partial charge is 0.338 e. The summed E-state index contributed by atoms with van der Waals surface area (Å²) in [5.41, 5.74) is 3.73. The normalized spacial score (nSPS) is 14.3. The molecule has 1 aromatic heterocycles. The van der Waals surface area contributed by atoms with E-state index in [2.05, 4.69) is 46.9 Å². The third-order valence-electron chi connectivity index (χ3n) is 8.36. The van der Waals surface area contributed by atoms with Crippen molar-refractivity contribution in [2.45, 2.75) is 19.6 Å². The molecule has 0 saturated heterocycles. The van der Waals surface area contributed by atoms with Crippen molar-refractivity contribution in [3.8, 4) is 11.5 Å². The Morgan fingerprint density at radius 1 is 0.980 bits per heavy atom. The summed E-state index contributed by atoms with van der Waals surface area (Å²) in [6, 6.07) is 34.0. The molecular weight excluding hydrogens is 783 g/mol. The Hall–Kier alpha value is -4.71. The van der Waals surface area contributed by atoms with Crippen LogP contribution in [0.2, 0.25) is 5.02 Å². The predicted molar refractivity (Wildman–Crippen MR) is 207 cm³/mol. The summed E-state index contributed by atoms with van der Waals surface area (Å²) < 4.78 is 20.5. The van der Waals surface area contributed by atoms with E-state index in [1.165, 1.54) is 11.3 Å². The minimum Gasteiger partial charge on any atom is -0.493 e. The lowest BCUT2D eigenvalue weighted by molar-refractivity contribution is -0.138. The molecule has 0 unspecified atom stereocenters. The molecule has 0 spiro atoms. The Bertz CT molecular complexity index is 2450. The van der Waals surface area contributed by atoms with Crippen LogP contribution in [0.5, 0.6) is 11.5 Å². The van der Waals surface area contributed by atoms with Crippen LogP contribution in [0.4, 0.5) is 0 Å². The Balaban J connectivity index is 1.33. The Morgan fingerprint density at radius 2 is 1.72 bits per heavy atom. The number of aromatic nitrogens is 1. The second-order valence-corrected chi connectivity index (χ2v) is 14.1. The monoisotopic (exact) mass is 812 g/mol. The van der Waals surface area contributed by atoms with E-state index in [4.69, 9.17) is 30.8 Å². The quantitative estimate of drug-likeness (QED) is 0.110. The third kappa shape index (κ3) is 6.60. The number of benzene rings is 5. The van der Waals surface area contributed by atoms with E-state index in [1.54, 1.807) is 30.7 Å². The zero-order valence-corrected chi connectivity index (χ0v) is 30.8. The number of hydrogen-bond acceptors (Lipinski definition) is 7. The average molecular weight is 813 g/mol. The van der Waals surface area contributed by atoms with Gasteiger partial charge in [0.1, 0.15) is 6.61 Å². The Labute approximate surface area is 310 Å². The third-order valence-corrected chi connectivity index (χ3v) is 10.4. The summed E-state index contributed by atoms with van der Waals surface area (Å²) in [6.45, 7) is 2.29. The lowest BCUT2D eigenvalue weighted by Crippen LogP contribution is -2.40. The van der Waals surface area contributed by atoms with Crippen LogP contribution in [0.1, 0.15) is 35.2 Å². The highest BCUT2D eigenvalue weighted by Crippen LogP contribution is 2.37. The van der Waals surface area contributed by atoms with Crippen LogP contribution >= 0.6 is 45.5 Å². The van der Waals surface area contributed by atoms with Crippen LogP contribution in [-0.4, -0.2) is 24.3 Å². The first kappa shape index (κ1) is 33.8. The summed E-state index contributed by atoms with van der Waals surface area (Å²) in [4.78, 5) is 33.4. The molecule has 5 aromatic carbocycles. The van der Waals surface area contributed by atoms with Gasteiger partial charge in [-0.05, 0) is 87.3 Å². The van der Waals surface area contributed by atoms with Crippen molar-refractivity contribution >= 4 is 74.0 Å². The maximum atomic E-state index is 14.3. The maximum absolute atomic E-state index is 14.3. The highest BCUT2D eigenvalue weighted by molar-refractivity contribution is 14.1. The van der Waals surface area contributed by atoms with E-state index in [1.807, 2.05) is 78.9 Å². The highest BCUT2D eigenvalue weighted by Gasteiger charge is 2.35. The first-order valence-electron chi connectivity index (χ1n) is 15.9. The molecule has 0 amide bonds. The molecule has 50 heavy (non-hydrogen) atoms. The number of thiazole rings is 1. The maximum Gasteiger partial charge on any atom is 0.338 e. The number of esters is 1. The number of hydrogen-bond donors (Lipinski definition) is 0. The second kappa shape index (κ2) is 14.6. The van der Waals surface area contributed by atoms with Crippen molar-refractivity contribution in [3.05, 3.63) is 165 Å². The van der Waals surface area contributed by atoms with Gasteiger partial charge in [0.25, 0.3) is 5.56 Å². The summed E-state index contributed by atoms with van der Waals surface area (Å²) in [6.07, 6.45) is 1.82. The van der Waals surface area contributed by atoms with Crippen molar-refractivity contribution in [2.24, 2.45) is 4.99 Å². The van der Waals surface area contributed by atoms with Gasteiger partial charge < -0.3 is 14.2 Å². The minimum atomic E-state index is -0.792. The number of rotatable bonds is 9. The number of nitrogens with zero attached hydrogens (tertiary/aromatic N) is 2. The summed E-state index contributed by atoms with van der Waals surface area (Å²) in [7, 11) is 1.60. The van der Waals surface area contributed by atoms with Crippen LogP contribution in [0.25, 0.3) is 22.5 Å². The van der Waals surface area contributed by atoms with Crippen LogP contribution in [0, 0.1) is 3.57 Å². The van der Waals surface area contributed by atoms with Crippen LogP contribution in [0.3, 0.4) is 0 Å². The molecular formula is C40H30ClIN2O5S. The summed E-state index contributed by atoms with van der Waals surface area (Å²) in [5, 5.41) is 2.82. The van der Waals surface area contributed by atoms with Gasteiger partial charge in [0.2, 0.25) is 0 Å². The largest absolute Gasteiger partial charge is 0.493 e. The molecule has 1 aliphatic heterocycles. The van der Waals surface area contributed by atoms with E-state index in [0.29, 0.717) is 43.7 Å². The molecule has 1 atom stereocenters. The number of carbonyl (C=O) groups excluding carboxylic acids is 1. The molecule has 0 aliphatic carbocycles. The highest BCUT2D eigenvalue weighted by atomic mass is 127. The van der Waals surface area contributed by atoms with Gasteiger partial charge in [0.15, 0.2) is 16.3 Å². The Morgan fingerprint density at radius 3 is 2.48 bits per heavy atom. The van der Waals surface area contributed by atoms with Gasteiger partial charge in [0, 0.05) is 10.6 Å². The van der Waals surface area contributed by atoms with Crippen molar-refractivity contribution in [1.29, 1.82) is 0 Å². The average Bonchev–Trinajstić information content (AvgIpc) is 3.44. The molecule has 0 N–H and O–H groups in total. The van der Waals surface area contributed by atoms with E-state index < -0.39 is 12.0 Å². The molecule has 0 bridgehead atoms. The molecule has 0 saturated carbocycles. The summed E-state index contributed by atoms with van der Waals surface area (Å²) >= 11 is 9.75. The molecule has 7 rings (SSSR count). The minimum absolute atomic E-state index is 0.171. The van der Waals surface area contributed by atoms with Gasteiger partial charge in [0.05, 0.1) is 39.1 Å². The van der Waals surface area contributed by atoms with Crippen molar-refractivity contribution < 1.29 is 19.0 Å². The summed E-state index contributed by atoms with van der Waals surface area (Å²) in [5.74, 6) is 0.628. The number of carbonyl (C=O) groups is 1. The fourth-order valence-corrected chi connectivity index (χ4v) is 7.99. The number of halogens is 2. The molecule has 1 aliphatic rings. The van der Waals surface area contributed by atoms with Crippen LogP contribution in [-0.2, 0) is 16.1 Å². The van der Waals surface area contributed by atoms with Gasteiger partial charge >= 0.3 is 5.97 Å². The topological polar surface area (TPSA) is 79.1 Å². The zero-order valence-electron chi connectivity index (χ0n) is 27.1. The number of fused-ring (bicyclic) bond motifs is 2. The molecule has 250 valence electrons. The van der Waals surface area contributed by atoms with Gasteiger partial charge in [-0.3, -0.25) is 9.36 Å². The van der Waals surface area contributed by atoms with Crippen LogP contribution < -0.4 is 24.4 Å². The van der Waals surface area contributed by atoms with E-state index in [9.17, 15) is 9.59 Å². The molecule has 0 fully saturated rings. The fraction of sp³-hybridized carbons (Fsp3) is 0.125. The molecule has 10 heteroatoms. The SMILES string of the molecule is CCOC(=O)C1=C(c2ccccc2)N=c2s/c(=C\c3cc(I)c(OCc4cccc5ccccc45)c(OC)c3)c(=O)n2[C@@H]1c1ccc(Cl)cc1. The van der Waals surface area contributed by atoms with Crippen molar-refractivity contribution in [3.63, 3.8) is 0 Å². The molecule has 7 nitrogen and oxygen atoms in total. The van der Waals surface area contributed by atoms with Crippen LogP contribution in [0.15, 0.2) is 125 Å². The van der Waals surface area contributed by atoms with Crippen molar-refractivity contribution in [1.82, 2.24) is 4.57 Å². The van der Waals surface area contributed by atoms with E-state index in [0.717, 1.165) is 31.0 Å². The van der Waals surface area contributed by atoms with Crippen molar-refractivity contribution in [2.75, 3.05) is 13.7 Å².